The topological polar surface area (TPSA) is 38.3 Å². The standard InChI is InChI=1S/C25H20ClNO2/c26-24-15-6-1-9-18(24)10-7-8-16-27-25(28)29-17-23-21-13-4-2-11-19(21)20-12-3-5-14-22(20)23/h1-6,9,11-15,23H,8,16-17H2,(H,27,28). The first-order chi connectivity index (χ1) is 14.2. The molecule has 1 N–H and O–H groups in total. The van der Waals surface area contributed by atoms with Crippen molar-refractivity contribution in [3.63, 3.8) is 0 Å². The Kier molecular flexibility index (Phi) is 5.84. The maximum Gasteiger partial charge on any atom is 0.407 e. The number of carbonyl (C=O) groups is 1. The van der Waals surface area contributed by atoms with Gasteiger partial charge in [-0.3, -0.25) is 0 Å². The van der Waals surface area contributed by atoms with Crippen LogP contribution in [0.1, 0.15) is 29.0 Å². The molecule has 0 heterocycles. The summed E-state index contributed by atoms with van der Waals surface area (Å²) in [6.45, 7) is 0.735. The number of fused-ring (bicyclic) bond motifs is 3. The first kappa shape index (κ1) is 19.1. The summed E-state index contributed by atoms with van der Waals surface area (Å²) >= 11 is 6.07. The first-order valence-electron chi connectivity index (χ1n) is 9.56. The van der Waals surface area contributed by atoms with E-state index in [0.29, 0.717) is 24.6 Å². The van der Waals surface area contributed by atoms with Gasteiger partial charge in [-0.15, -0.1) is 0 Å². The zero-order valence-corrected chi connectivity index (χ0v) is 16.6. The number of benzene rings is 3. The third-order valence-corrected chi connectivity index (χ3v) is 5.29. The lowest BCUT2D eigenvalue weighted by Gasteiger charge is -2.14. The van der Waals surface area contributed by atoms with E-state index >= 15 is 0 Å². The van der Waals surface area contributed by atoms with Crippen LogP contribution in [0.25, 0.3) is 11.1 Å². The highest BCUT2D eigenvalue weighted by Gasteiger charge is 2.28. The summed E-state index contributed by atoms with van der Waals surface area (Å²) < 4.78 is 5.50. The van der Waals surface area contributed by atoms with Crippen molar-refractivity contribution in [2.24, 2.45) is 0 Å². The molecule has 3 nitrogen and oxygen atoms in total. The number of alkyl carbamates (subject to hydrolysis) is 1. The van der Waals surface area contributed by atoms with Gasteiger partial charge in [0.05, 0.1) is 5.02 Å². The number of amides is 1. The molecule has 3 aromatic rings. The highest BCUT2D eigenvalue weighted by Crippen LogP contribution is 2.44. The molecule has 1 amide bonds. The van der Waals surface area contributed by atoms with E-state index in [2.05, 4.69) is 41.4 Å². The summed E-state index contributed by atoms with van der Waals surface area (Å²) in [5.41, 5.74) is 5.62. The molecule has 1 aliphatic rings. The zero-order chi connectivity index (χ0) is 20.1. The fraction of sp³-hybridized carbons (Fsp3) is 0.160. The van der Waals surface area contributed by atoms with Crippen LogP contribution in [-0.2, 0) is 4.74 Å². The molecule has 0 spiro atoms. The van der Waals surface area contributed by atoms with Gasteiger partial charge >= 0.3 is 6.09 Å². The predicted octanol–water partition coefficient (Wildman–Crippen LogP) is 5.62. The molecule has 0 bridgehead atoms. The van der Waals surface area contributed by atoms with Crippen molar-refractivity contribution in [3.8, 4) is 23.0 Å². The minimum absolute atomic E-state index is 0.0631. The van der Waals surface area contributed by atoms with Crippen LogP contribution >= 0.6 is 11.6 Å². The fourth-order valence-electron chi connectivity index (χ4n) is 3.60. The van der Waals surface area contributed by atoms with Crippen LogP contribution < -0.4 is 5.32 Å². The summed E-state index contributed by atoms with van der Waals surface area (Å²) in [6.07, 6.45) is 0.0986. The van der Waals surface area contributed by atoms with Crippen molar-refractivity contribution in [2.75, 3.05) is 13.2 Å². The second-order valence-electron chi connectivity index (χ2n) is 6.78. The van der Waals surface area contributed by atoms with Crippen molar-refractivity contribution >= 4 is 17.7 Å². The smallest absolute Gasteiger partial charge is 0.407 e. The molecule has 0 unspecified atom stereocenters. The lowest BCUT2D eigenvalue weighted by atomic mass is 9.98. The van der Waals surface area contributed by atoms with Gasteiger partial charge in [0, 0.05) is 24.4 Å². The SMILES string of the molecule is O=C(NCCC#Cc1ccccc1Cl)OCC1c2ccccc2-c2ccccc21. The largest absolute Gasteiger partial charge is 0.449 e. The van der Waals surface area contributed by atoms with E-state index < -0.39 is 6.09 Å². The maximum atomic E-state index is 12.1. The van der Waals surface area contributed by atoms with Gasteiger partial charge in [-0.1, -0.05) is 84.1 Å². The fourth-order valence-corrected chi connectivity index (χ4v) is 3.78. The number of hydrogen-bond donors (Lipinski definition) is 1. The molecule has 0 aliphatic heterocycles. The van der Waals surface area contributed by atoms with Crippen LogP contribution in [0, 0.1) is 11.8 Å². The Morgan fingerprint density at radius 3 is 2.24 bits per heavy atom. The van der Waals surface area contributed by atoms with Crippen molar-refractivity contribution in [1.29, 1.82) is 0 Å². The van der Waals surface area contributed by atoms with E-state index in [4.69, 9.17) is 16.3 Å². The van der Waals surface area contributed by atoms with E-state index in [1.54, 1.807) is 6.07 Å². The van der Waals surface area contributed by atoms with Crippen molar-refractivity contribution in [2.45, 2.75) is 12.3 Å². The molecular weight excluding hydrogens is 382 g/mol. The van der Waals surface area contributed by atoms with Gasteiger partial charge in [-0.2, -0.15) is 0 Å². The molecule has 0 saturated heterocycles. The van der Waals surface area contributed by atoms with Gasteiger partial charge in [0.1, 0.15) is 6.61 Å². The quantitative estimate of drug-likeness (QED) is 0.455. The monoisotopic (exact) mass is 401 g/mol. The number of hydrogen-bond acceptors (Lipinski definition) is 2. The molecule has 0 fully saturated rings. The van der Waals surface area contributed by atoms with Crippen molar-refractivity contribution < 1.29 is 9.53 Å². The number of carbonyl (C=O) groups excluding carboxylic acids is 1. The summed E-state index contributed by atoms with van der Waals surface area (Å²) in [4.78, 5) is 12.1. The Morgan fingerprint density at radius 2 is 1.55 bits per heavy atom. The molecule has 4 heteroatoms. The molecule has 29 heavy (non-hydrogen) atoms. The average molecular weight is 402 g/mol. The summed E-state index contributed by atoms with van der Waals surface area (Å²) in [5.74, 6) is 6.09. The molecule has 144 valence electrons. The normalized spacial score (nSPS) is 11.8. The Bertz CT molecular complexity index is 1050. The molecule has 1 aliphatic carbocycles. The minimum atomic E-state index is -0.425. The Labute approximate surface area is 175 Å². The lowest BCUT2D eigenvalue weighted by molar-refractivity contribution is 0.143. The molecule has 3 aromatic carbocycles. The highest BCUT2D eigenvalue weighted by atomic mass is 35.5. The molecule has 4 rings (SSSR count). The zero-order valence-electron chi connectivity index (χ0n) is 15.8. The Morgan fingerprint density at radius 1 is 0.931 bits per heavy atom. The lowest BCUT2D eigenvalue weighted by Crippen LogP contribution is -2.26. The number of rotatable bonds is 4. The number of halogens is 1. The van der Waals surface area contributed by atoms with E-state index in [-0.39, 0.29) is 5.92 Å². The van der Waals surface area contributed by atoms with E-state index in [0.717, 1.165) is 5.56 Å². The van der Waals surface area contributed by atoms with Crippen LogP contribution in [0.3, 0.4) is 0 Å². The van der Waals surface area contributed by atoms with Gasteiger partial charge in [0.2, 0.25) is 0 Å². The summed E-state index contributed by atoms with van der Waals surface area (Å²) in [5, 5.41) is 3.39. The van der Waals surface area contributed by atoms with Crippen LogP contribution in [0.2, 0.25) is 5.02 Å². The van der Waals surface area contributed by atoms with E-state index in [1.807, 2.05) is 42.5 Å². The van der Waals surface area contributed by atoms with E-state index in [9.17, 15) is 4.79 Å². The van der Waals surface area contributed by atoms with Crippen molar-refractivity contribution in [3.05, 3.63) is 94.5 Å². The first-order valence-corrected chi connectivity index (χ1v) is 9.94. The maximum absolute atomic E-state index is 12.1. The van der Waals surface area contributed by atoms with Gasteiger partial charge in [0.15, 0.2) is 0 Å². The predicted molar refractivity (Wildman–Crippen MR) is 116 cm³/mol. The third kappa shape index (κ3) is 4.29. The van der Waals surface area contributed by atoms with Crippen molar-refractivity contribution in [1.82, 2.24) is 5.32 Å². The van der Waals surface area contributed by atoms with Crippen LogP contribution in [0.15, 0.2) is 72.8 Å². The second-order valence-corrected chi connectivity index (χ2v) is 7.19. The third-order valence-electron chi connectivity index (χ3n) is 4.96. The van der Waals surface area contributed by atoms with Gasteiger partial charge in [-0.25, -0.2) is 4.79 Å². The Hall–Kier alpha value is -3.22. The van der Waals surface area contributed by atoms with Crippen LogP contribution in [-0.4, -0.2) is 19.2 Å². The summed E-state index contributed by atoms with van der Waals surface area (Å²) in [6, 6.07) is 24.0. The molecule has 0 atom stereocenters. The van der Waals surface area contributed by atoms with Crippen LogP contribution in [0.5, 0.6) is 0 Å². The van der Waals surface area contributed by atoms with Gasteiger partial charge in [-0.05, 0) is 34.4 Å². The molecule has 0 saturated carbocycles. The highest BCUT2D eigenvalue weighted by molar-refractivity contribution is 6.31. The molecule has 0 aromatic heterocycles. The summed E-state index contributed by atoms with van der Waals surface area (Å²) in [7, 11) is 0. The van der Waals surface area contributed by atoms with Crippen LogP contribution in [0.4, 0.5) is 4.79 Å². The van der Waals surface area contributed by atoms with Gasteiger partial charge in [0.25, 0.3) is 0 Å². The minimum Gasteiger partial charge on any atom is -0.449 e. The average Bonchev–Trinajstić information content (AvgIpc) is 3.07. The second kappa shape index (κ2) is 8.86. The molecular formula is C25H20ClNO2. The van der Waals surface area contributed by atoms with Gasteiger partial charge < -0.3 is 10.1 Å². The Balaban J connectivity index is 1.30. The number of ether oxygens (including phenoxy) is 1. The van der Waals surface area contributed by atoms with E-state index in [1.165, 1.54) is 22.3 Å². The molecule has 0 radical (unpaired) electrons. The number of nitrogens with one attached hydrogen (secondary N) is 1.